The van der Waals surface area contributed by atoms with Crippen LogP contribution in [-0.2, 0) is 15.4 Å². The first-order valence-electron chi connectivity index (χ1n) is 5.68. The van der Waals surface area contributed by atoms with E-state index >= 15 is 0 Å². The number of rotatable bonds is 3. The summed E-state index contributed by atoms with van der Waals surface area (Å²) in [6, 6.07) is 20.6. The van der Waals surface area contributed by atoms with E-state index in [0.717, 1.165) is 0 Å². The molecule has 0 fully saturated rings. The summed E-state index contributed by atoms with van der Waals surface area (Å²) in [4.78, 5) is 2.43. The summed E-state index contributed by atoms with van der Waals surface area (Å²) in [5.74, 6) is 0. The van der Waals surface area contributed by atoms with Crippen LogP contribution in [-0.4, -0.2) is 14.4 Å². The van der Waals surface area contributed by atoms with Crippen LogP contribution < -0.4 is 0 Å². The van der Waals surface area contributed by atoms with Crippen molar-refractivity contribution in [1.29, 1.82) is 0 Å². The Balaban J connectivity index is 0.000000347. The van der Waals surface area contributed by atoms with E-state index in [1.54, 1.807) is 7.11 Å². The lowest BCUT2D eigenvalue weighted by Crippen LogP contribution is -2.04. The molecule has 0 saturated carbocycles. The predicted molar refractivity (Wildman–Crippen MR) is 74.0 cm³/mol. The van der Waals surface area contributed by atoms with Gasteiger partial charge in [0.2, 0.25) is 11.2 Å². The van der Waals surface area contributed by atoms with Crippen LogP contribution in [0.3, 0.4) is 0 Å². The smallest absolute Gasteiger partial charge is 0.418 e. The topological polar surface area (TPSA) is 9.23 Å². The molecule has 2 aromatic carbocycles. The molecule has 1 nitrogen and oxygen atoms in total. The van der Waals surface area contributed by atoms with Crippen LogP contribution in [0.25, 0.3) is 0 Å². The maximum atomic E-state index is 9.75. The molecule has 108 valence electrons. The molecule has 2 rings (SSSR count). The molecule has 0 N–H and O–H groups in total. The summed E-state index contributed by atoms with van der Waals surface area (Å²) in [5, 5.41) is 0. The number of halogens is 4. The van der Waals surface area contributed by atoms with Crippen LogP contribution in [0.5, 0.6) is 0 Å². The SMILES string of the molecule is CO[S+](c1ccccc1)c1ccccc1.F[B-](F)(F)F. The largest absolute Gasteiger partial charge is 0.673 e. The fraction of sp³-hybridized carbons (Fsp3) is 0.0769. The van der Waals surface area contributed by atoms with Gasteiger partial charge in [-0.2, -0.15) is 4.18 Å². The van der Waals surface area contributed by atoms with Gasteiger partial charge in [-0.05, 0) is 24.3 Å². The zero-order valence-electron chi connectivity index (χ0n) is 10.7. The summed E-state index contributed by atoms with van der Waals surface area (Å²) in [6.45, 7) is 0. The lowest BCUT2D eigenvalue weighted by Gasteiger charge is -2.02. The first-order valence-corrected chi connectivity index (χ1v) is 6.83. The van der Waals surface area contributed by atoms with Crippen LogP contribution >= 0.6 is 0 Å². The fourth-order valence-electron chi connectivity index (χ4n) is 1.42. The molecule has 2 aromatic rings. The summed E-state index contributed by atoms with van der Waals surface area (Å²) >= 11 is -0.258. The molecule has 7 heteroatoms. The highest BCUT2D eigenvalue weighted by molar-refractivity contribution is 7.92. The standard InChI is InChI=1S/C13H13OS.BF4/c1-14-15(12-8-4-2-5-9-12)13-10-6-3-7-11-13;2-1(3,4)5/h2-11H,1H3;/q+1;-1. The van der Waals surface area contributed by atoms with Crippen molar-refractivity contribution in [2.24, 2.45) is 0 Å². The molecular formula is C13H13BF4OS. The lowest BCUT2D eigenvalue weighted by atomic mass is 10.3. The minimum absolute atomic E-state index is 0.258. The maximum absolute atomic E-state index is 9.75. The van der Waals surface area contributed by atoms with Crippen molar-refractivity contribution in [3.05, 3.63) is 60.7 Å². The van der Waals surface area contributed by atoms with Crippen LogP contribution in [0.2, 0.25) is 0 Å². The molecule has 0 atom stereocenters. The van der Waals surface area contributed by atoms with Gasteiger partial charge in [-0.15, -0.1) is 0 Å². The highest BCUT2D eigenvalue weighted by atomic mass is 32.2. The minimum Gasteiger partial charge on any atom is -0.418 e. The van der Waals surface area contributed by atoms with Crippen molar-refractivity contribution in [3.8, 4) is 0 Å². The second kappa shape index (κ2) is 7.96. The molecule has 0 aromatic heterocycles. The van der Waals surface area contributed by atoms with Crippen LogP contribution in [0.4, 0.5) is 17.3 Å². The van der Waals surface area contributed by atoms with Gasteiger partial charge < -0.3 is 17.3 Å². The number of benzene rings is 2. The lowest BCUT2D eigenvalue weighted by molar-refractivity contribution is 0.368. The van der Waals surface area contributed by atoms with Gasteiger partial charge in [0.05, 0.1) is 7.11 Å². The van der Waals surface area contributed by atoms with E-state index in [1.807, 2.05) is 36.4 Å². The Morgan fingerprint density at radius 2 is 1.05 bits per heavy atom. The first kappa shape index (κ1) is 16.6. The second-order valence-corrected chi connectivity index (χ2v) is 5.37. The van der Waals surface area contributed by atoms with Crippen LogP contribution in [0.1, 0.15) is 0 Å². The Hall–Kier alpha value is -1.47. The van der Waals surface area contributed by atoms with Crippen LogP contribution in [0.15, 0.2) is 70.5 Å². The van der Waals surface area contributed by atoms with Gasteiger partial charge >= 0.3 is 7.25 Å². The van der Waals surface area contributed by atoms with Crippen molar-refractivity contribution >= 4 is 18.4 Å². The first-order chi connectivity index (χ1) is 9.42. The van der Waals surface area contributed by atoms with Crippen molar-refractivity contribution in [2.75, 3.05) is 7.11 Å². The van der Waals surface area contributed by atoms with E-state index in [1.165, 1.54) is 9.79 Å². The Morgan fingerprint density at radius 1 is 0.750 bits per heavy atom. The van der Waals surface area contributed by atoms with Gasteiger partial charge in [-0.25, -0.2) is 0 Å². The number of hydrogen-bond acceptors (Lipinski definition) is 1. The fourth-order valence-corrected chi connectivity index (χ4v) is 2.88. The quantitative estimate of drug-likeness (QED) is 0.458. The molecule has 0 aliphatic rings. The summed E-state index contributed by atoms with van der Waals surface area (Å²) in [6.07, 6.45) is 0. The normalized spacial score (nSPS) is 10.9. The summed E-state index contributed by atoms with van der Waals surface area (Å²) < 4.78 is 44.6. The van der Waals surface area contributed by atoms with E-state index in [9.17, 15) is 17.3 Å². The van der Waals surface area contributed by atoms with E-state index in [0.29, 0.717) is 0 Å². The molecule has 0 bridgehead atoms. The molecule has 0 saturated heterocycles. The molecule has 0 unspecified atom stereocenters. The Morgan fingerprint density at radius 3 is 1.30 bits per heavy atom. The summed E-state index contributed by atoms with van der Waals surface area (Å²) in [5.41, 5.74) is 0. The molecule has 0 aliphatic heterocycles. The van der Waals surface area contributed by atoms with E-state index < -0.39 is 7.25 Å². The molecule has 0 spiro atoms. The van der Waals surface area contributed by atoms with Crippen LogP contribution in [0, 0.1) is 0 Å². The average Bonchev–Trinajstić information content (AvgIpc) is 2.40. The highest BCUT2D eigenvalue weighted by Gasteiger charge is 2.25. The zero-order chi connectivity index (χ0) is 15.0. The van der Waals surface area contributed by atoms with Gasteiger partial charge in [0.15, 0.2) is 9.79 Å². The van der Waals surface area contributed by atoms with Gasteiger partial charge in [-0.3, -0.25) is 0 Å². The molecule has 0 heterocycles. The van der Waals surface area contributed by atoms with Crippen molar-refractivity contribution in [1.82, 2.24) is 0 Å². The van der Waals surface area contributed by atoms with Gasteiger partial charge in [0.25, 0.3) is 0 Å². The molecular weight excluding hydrogens is 291 g/mol. The second-order valence-electron chi connectivity index (χ2n) is 3.56. The van der Waals surface area contributed by atoms with Gasteiger partial charge in [0.1, 0.15) is 0 Å². The third-order valence-electron chi connectivity index (χ3n) is 2.08. The van der Waals surface area contributed by atoms with Crippen molar-refractivity contribution in [2.45, 2.75) is 9.79 Å². The molecule has 0 aliphatic carbocycles. The molecule has 20 heavy (non-hydrogen) atoms. The molecule has 0 amide bonds. The number of hydrogen-bond donors (Lipinski definition) is 0. The van der Waals surface area contributed by atoms with Crippen molar-refractivity contribution in [3.63, 3.8) is 0 Å². The van der Waals surface area contributed by atoms with Gasteiger partial charge in [0, 0.05) is 0 Å². The van der Waals surface area contributed by atoms with Crippen molar-refractivity contribution < 1.29 is 21.4 Å². The van der Waals surface area contributed by atoms with E-state index in [4.69, 9.17) is 4.18 Å². The maximum Gasteiger partial charge on any atom is 0.673 e. The third kappa shape index (κ3) is 6.63. The Bertz CT molecular complexity index is 447. The Kier molecular flexibility index (Phi) is 6.61. The monoisotopic (exact) mass is 304 g/mol. The third-order valence-corrected chi connectivity index (χ3v) is 3.82. The van der Waals surface area contributed by atoms with E-state index in [2.05, 4.69) is 24.3 Å². The predicted octanol–water partition coefficient (Wildman–Crippen LogP) is 4.58. The molecule has 0 radical (unpaired) electrons. The highest BCUT2D eigenvalue weighted by Crippen LogP contribution is 2.23. The summed E-state index contributed by atoms with van der Waals surface area (Å²) in [7, 11) is -4.25. The van der Waals surface area contributed by atoms with E-state index in [-0.39, 0.29) is 11.2 Å². The Labute approximate surface area is 118 Å². The minimum atomic E-state index is -6.00. The average molecular weight is 304 g/mol. The zero-order valence-corrected chi connectivity index (χ0v) is 11.5. The van der Waals surface area contributed by atoms with Gasteiger partial charge in [-0.1, -0.05) is 36.4 Å².